The lowest BCUT2D eigenvalue weighted by Gasteiger charge is -2.13. The second-order valence-corrected chi connectivity index (χ2v) is 4.54. The van der Waals surface area contributed by atoms with Crippen molar-refractivity contribution in [3.8, 4) is 0 Å². The fourth-order valence-electron chi connectivity index (χ4n) is 1.98. The SMILES string of the molecule is C[C@H]1C(=O)N(CCCCCCO)C(=O)[C@@H]1C. The molecular weight excluding hydrogens is 206 g/mol. The molecule has 92 valence electrons. The molecule has 1 fully saturated rings. The van der Waals surface area contributed by atoms with Gasteiger partial charge in [-0.1, -0.05) is 26.7 Å². The maximum Gasteiger partial charge on any atom is 0.232 e. The molecular formula is C12H21NO3. The molecule has 1 saturated heterocycles. The molecule has 2 amide bonds. The van der Waals surface area contributed by atoms with Crippen LogP contribution in [0.5, 0.6) is 0 Å². The molecule has 1 aliphatic rings. The van der Waals surface area contributed by atoms with E-state index in [0.717, 1.165) is 25.7 Å². The van der Waals surface area contributed by atoms with Crippen LogP contribution in [0.1, 0.15) is 39.5 Å². The number of unbranched alkanes of at least 4 members (excludes halogenated alkanes) is 3. The Morgan fingerprint density at radius 3 is 2.00 bits per heavy atom. The molecule has 0 aromatic rings. The average molecular weight is 227 g/mol. The van der Waals surface area contributed by atoms with Crippen LogP contribution in [0.15, 0.2) is 0 Å². The molecule has 1 heterocycles. The number of hydrogen-bond donors (Lipinski definition) is 1. The van der Waals surface area contributed by atoms with Gasteiger partial charge in [-0.2, -0.15) is 0 Å². The van der Waals surface area contributed by atoms with Crippen molar-refractivity contribution in [3.63, 3.8) is 0 Å². The molecule has 0 radical (unpaired) electrons. The second-order valence-electron chi connectivity index (χ2n) is 4.54. The van der Waals surface area contributed by atoms with E-state index in [1.54, 1.807) is 0 Å². The molecule has 0 unspecified atom stereocenters. The Balaban J connectivity index is 2.32. The topological polar surface area (TPSA) is 57.6 Å². The Morgan fingerprint density at radius 2 is 1.50 bits per heavy atom. The number of carbonyl (C=O) groups excluding carboxylic acids is 2. The van der Waals surface area contributed by atoms with Crippen LogP contribution in [0.25, 0.3) is 0 Å². The largest absolute Gasteiger partial charge is 0.396 e. The summed E-state index contributed by atoms with van der Waals surface area (Å²) in [6, 6.07) is 0. The van der Waals surface area contributed by atoms with Gasteiger partial charge in [-0.15, -0.1) is 0 Å². The van der Waals surface area contributed by atoms with E-state index in [-0.39, 0.29) is 30.3 Å². The standard InChI is InChI=1S/C12H21NO3/c1-9-10(2)12(16)13(11(9)15)7-5-3-4-6-8-14/h9-10,14H,3-8H2,1-2H3/t9-,10-/m1/s1. The third-order valence-electron chi connectivity index (χ3n) is 3.35. The van der Waals surface area contributed by atoms with Gasteiger partial charge in [-0.05, 0) is 12.8 Å². The van der Waals surface area contributed by atoms with Crippen LogP contribution in [0.3, 0.4) is 0 Å². The number of imide groups is 1. The second kappa shape index (κ2) is 5.99. The van der Waals surface area contributed by atoms with E-state index in [1.165, 1.54) is 4.90 Å². The lowest BCUT2D eigenvalue weighted by Crippen LogP contribution is -2.31. The van der Waals surface area contributed by atoms with Gasteiger partial charge < -0.3 is 5.11 Å². The molecule has 0 spiro atoms. The summed E-state index contributed by atoms with van der Waals surface area (Å²) in [5.41, 5.74) is 0. The molecule has 1 rings (SSSR count). The summed E-state index contributed by atoms with van der Waals surface area (Å²) < 4.78 is 0. The first-order chi connectivity index (χ1) is 7.59. The number of nitrogens with zero attached hydrogens (tertiary/aromatic N) is 1. The van der Waals surface area contributed by atoms with E-state index in [4.69, 9.17) is 5.11 Å². The summed E-state index contributed by atoms with van der Waals surface area (Å²) in [7, 11) is 0. The number of carbonyl (C=O) groups is 2. The molecule has 0 aliphatic carbocycles. The van der Waals surface area contributed by atoms with Gasteiger partial charge in [0.1, 0.15) is 0 Å². The predicted octanol–water partition coefficient (Wildman–Crippen LogP) is 1.18. The van der Waals surface area contributed by atoms with Crippen LogP contribution in [0.4, 0.5) is 0 Å². The molecule has 0 saturated carbocycles. The molecule has 1 N–H and O–H groups in total. The highest BCUT2D eigenvalue weighted by Crippen LogP contribution is 2.25. The van der Waals surface area contributed by atoms with Gasteiger partial charge in [0.25, 0.3) is 0 Å². The van der Waals surface area contributed by atoms with Crippen molar-refractivity contribution in [1.29, 1.82) is 0 Å². The van der Waals surface area contributed by atoms with E-state index >= 15 is 0 Å². The third-order valence-corrected chi connectivity index (χ3v) is 3.35. The minimum Gasteiger partial charge on any atom is -0.396 e. The van der Waals surface area contributed by atoms with Crippen molar-refractivity contribution in [2.24, 2.45) is 11.8 Å². The third kappa shape index (κ3) is 2.82. The Kier molecular flexibility index (Phi) is 4.93. The molecule has 0 bridgehead atoms. The van der Waals surface area contributed by atoms with Gasteiger partial charge in [0.15, 0.2) is 0 Å². The first-order valence-electron chi connectivity index (χ1n) is 6.05. The highest BCUT2D eigenvalue weighted by molar-refractivity contribution is 6.04. The van der Waals surface area contributed by atoms with Gasteiger partial charge >= 0.3 is 0 Å². The zero-order valence-electron chi connectivity index (χ0n) is 10.1. The number of likely N-dealkylation sites (tertiary alicyclic amines) is 1. The van der Waals surface area contributed by atoms with Crippen molar-refractivity contribution in [2.45, 2.75) is 39.5 Å². The van der Waals surface area contributed by atoms with Crippen LogP contribution < -0.4 is 0 Å². The van der Waals surface area contributed by atoms with Crippen molar-refractivity contribution in [2.75, 3.05) is 13.2 Å². The summed E-state index contributed by atoms with van der Waals surface area (Å²) in [5.74, 6) is -0.380. The van der Waals surface area contributed by atoms with Gasteiger partial charge in [0.05, 0.1) is 0 Å². The molecule has 16 heavy (non-hydrogen) atoms. The van der Waals surface area contributed by atoms with E-state index in [1.807, 2.05) is 13.8 Å². The van der Waals surface area contributed by atoms with Crippen molar-refractivity contribution >= 4 is 11.8 Å². The molecule has 0 aromatic carbocycles. The number of aliphatic hydroxyl groups excluding tert-OH is 1. The van der Waals surface area contributed by atoms with Gasteiger partial charge in [0, 0.05) is 25.0 Å². The Hall–Kier alpha value is -0.900. The normalized spacial score (nSPS) is 25.6. The molecule has 0 aromatic heterocycles. The molecule has 1 aliphatic heterocycles. The zero-order chi connectivity index (χ0) is 12.1. The van der Waals surface area contributed by atoms with Gasteiger partial charge in [-0.3, -0.25) is 14.5 Å². The minimum atomic E-state index is -0.162. The maximum atomic E-state index is 11.7. The van der Waals surface area contributed by atoms with E-state index in [0.29, 0.717) is 6.54 Å². The highest BCUT2D eigenvalue weighted by Gasteiger charge is 2.41. The van der Waals surface area contributed by atoms with E-state index in [9.17, 15) is 9.59 Å². The monoisotopic (exact) mass is 227 g/mol. The van der Waals surface area contributed by atoms with Crippen molar-refractivity contribution < 1.29 is 14.7 Å². The summed E-state index contributed by atoms with van der Waals surface area (Å²) in [6.07, 6.45) is 3.56. The quantitative estimate of drug-likeness (QED) is 0.547. The average Bonchev–Trinajstić information content (AvgIpc) is 2.46. The maximum absolute atomic E-state index is 11.7. The van der Waals surface area contributed by atoms with Crippen LogP contribution in [0.2, 0.25) is 0 Å². The van der Waals surface area contributed by atoms with E-state index in [2.05, 4.69) is 0 Å². The van der Waals surface area contributed by atoms with Crippen LogP contribution in [-0.4, -0.2) is 35.0 Å². The van der Waals surface area contributed by atoms with Crippen LogP contribution in [0, 0.1) is 11.8 Å². The Bertz CT molecular complexity index is 245. The van der Waals surface area contributed by atoms with Gasteiger partial charge in [0.2, 0.25) is 11.8 Å². The van der Waals surface area contributed by atoms with Crippen molar-refractivity contribution in [3.05, 3.63) is 0 Å². The summed E-state index contributed by atoms with van der Waals surface area (Å²) >= 11 is 0. The van der Waals surface area contributed by atoms with E-state index < -0.39 is 0 Å². The zero-order valence-corrected chi connectivity index (χ0v) is 10.1. The number of amides is 2. The summed E-state index contributed by atoms with van der Waals surface area (Å²) in [6.45, 7) is 4.39. The lowest BCUT2D eigenvalue weighted by molar-refractivity contribution is -0.139. The fourth-order valence-corrected chi connectivity index (χ4v) is 1.98. The van der Waals surface area contributed by atoms with Gasteiger partial charge in [-0.25, -0.2) is 0 Å². The number of rotatable bonds is 6. The van der Waals surface area contributed by atoms with Crippen molar-refractivity contribution in [1.82, 2.24) is 4.90 Å². The highest BCUT2D eigenvalue weighted by atomic mass is 16.3. The number of hydrogen-bond acceptors (Lipinski definition) is 3. The fraction of sp³-hybridized carbons (Fsp3) is 0.833. The first kappa shape index (κ1) is 13.2. The Morgan fingerprint density at radius 1 is 1.00 bits per heavy atom. The summed E-state index contributed by atoms with van der Waals surface area (Å²) in [4.78, 5) is 24.8. The minimum absolute atomic E-state index is 0.0281. The smallest absolute Gasteiger partial charge is 0.232 e. The first-order valence-corrected chi connectivity index (χ1v) is 6.05. The van der Waals surface area contributed by atoms with Crippen LogP contribution in [-0.2, 0) is 9.59 Å². The van der Waals surface area contributed by atoms with Crippen LogP contribution >= 0.6 is 0 Å². The Labute approximate surface area is 96.6 Å². The molecule has 4 nitrogen and oxygen atoms in total. The predicted molar refractivity (Wildman–Crippen MR) is 60.6 cm³/mol. The molecule has 2 atom stereocenters. The number of aliphatic hydroxyl groups is 1. The molecule has 4 heteroatoms. The lowest BCUT2D eigenvalue weighted by atomic mass is 10.00. The summed E-state index contributed by atoms with van der Waals surface area (Å²) in [5, 5.41) is 8.61.